The second-order valence-electron chi connectivity index (χ2n) is 6.37. The number of hydrogen-bond acceptors (Lipinski definition) is 5. The first-order chi connectivity index (χ1) is 13.4. The maximum atomic E-state index is 6.47. The summed E-state index contributed by atoms with van der Waals surface area (Å²) in [5, 5.41) is 7.84. The molecule has 150 valence electrons. The van der Waals surface area contributed by atoms with Crippen molar-refractivity contribution in [1.29, 1.82) is 0 Å². The Morgan fingerprint density at radius 1 is 1.11 bits per heavy atom. The van der Waals surface area contributed by atoms with E-state index in [9.17, 15) is 0 Å². The molecule has 0 atom stereocenters. The van der Waals surface area contributed by atoms with Gasteiger partial charge in [-0.3, -0.25) is 0 Å². The van der Waals surface area contributed by atoms with Gasteiger partial charge in [0.05, 0.1) is 15.4 Å². The number of benzene rings is 1. The number of hydrogen-bond donors (Lipinski definition) is 0. The van der Waals surface area contributed by atoms with Gasteiger partial charge in [-0.2, -0.15) is 5.10 Å². The minimum absolute atomic E-state index is 0.422. The van der Waals surface area contributed by atoms with Gasteiger partial charge in [0.25, 0.3) is 0 Å². The Labute approximate surface area is 184 Å². The highest BCUT2D eigenvalue weighted by molar-refractivity contribution is 7.98. The molecule has 9 heteroatoms. The third kappa shape index (κ3) is 4.06. The Bertz CT molecular complexity index is 982. The van der Waals surface area contributed by atoms with Gasteiger partial charge in [-0.1, -0.05) is 48.1 Å². The van der Waals surface area contributed by atoms with Crippen molar-refractivity contribution in [2.75, 3.05) is 24.2 Å². The Morgan fingerprint density at radius 3 is 2.36 bits per heavy atom. The zero-order valence-corrected chi connectivity index (χ0v) is 19.3. The predicted octanol–water partition coefficient (Wildman–Crippen LogP) is 6.43. The second-order valence-corrected chi connectivity index (χ2v) is 8.41. The molecule has 0 N–H and O–H groups in total. The Morgan fingerprint density at radius 2 is 1.79 bits per heavy atom. The van der Waals surface area contributed by atoms with E-state index >= 15 is 0 Å². The van der Waals surface area contributed by atoms with E-state index in [1.54, 1.807) is 28.6 Å². The molecule has 2 aromatic heterocycles. The summed E-state index contributed by atoms with van der Waals surface area (Å²) >= 11 is 20.6. The number of unbranched alkanes of at least 4 members (excludes halogenated alkanes) is 1. The minimum atomic E-state index is 0.422. The third-order valence-corrected chi connectivity index (χ3v) is 5.90. The van der Waals surface area contributed by atoms with Gasteiger partial charge in [0.1, 0.15) is 22.4 Å². The van der Waals surface area contributed by atoms with Crippen LogP contribution in [0.5, 0.6) is 0 Å². The molecule has 0 aliphatic rings. The van der Waals surface area contributed by atoms with Crippen LogP contribution >= 0.6 is 46.6 Å². The normalized spacial score (nSPS) is 11.4. The van der Waals surface area contributed by atoms with Crippen molar-refractivity contribution in [1.82, 2.24) is 19.7 Å². The van der Waals surface area contributed by atoms with Gasteiger partial charge in [-0.05, 0) is 38.7 Å². The lowest BCUT2D eigenvalue weighted by atomic mass is 10.2. The summed E-state index contributed by atoms with van der Waals surface area (Å²) in [6, 6.07) is 3.32. The topological polar surface area (TPSA) is 46.8 Å². The van der Waals surface area contributed by atoms with E-state index < -0.39 is 0 Å². The molecule has 0 spiro atoms. The highest BCUT2D eigenvalue weighted by atomic mass is 35.5. The molecule has 3 aromatic rings. The monoisotopic (exact) mass is 457 g/mol. The first-order valence-corrected chi connectivity index (χ1v) is 11.5. The fourth-order valence-corrected chi connectivity index (χ4v) is 4.63. The van der Waals surface area contributed by atoms with Crippen LogP contribution in [-0.2, 0) is 0 Å². The fourth-order valence-electron chi connectivity index (χ4n) is 3.10. The van der Waals surface area contributed by atoms with Gasteiger partial charge in [0.2, 0.25) is 0 Å². The lowest BCUT2D eigenvalue weighted by molar-refractivity contribution is 0.724. The molecule has 0 aliphatic heterocycles. The smallest absolute Gasteiger partial charge is 0.170 e. The quantitative estimate of drug-likeness (QED) is 0.382. The van der Waals surface area contributed by atoms with Gasteiger partial charge in [0.15, 0.2) is 5.65 Å². The number of aromatic nitrogens is 4. The molecule has 0 saturated heterocycles. The zero-order chi connectivity index (χ0) is 20.4. The molecule has 0 aliphatic carbocycles. The van der Waals surface area contributed by atoms with Crippen molar-refractivity contribution >= 4 is 63.4 Å². The number of fused-ring (bicyclic) bond motifs is 1. The number of nitrogens with zero attached hydrogens (tertiary/aromatic N) is 5. The van der Waals surface area contributed by atoms with Crippen LogP contribution in [-0.4, -0.2) is 39.1 Å². The summed E-state index contributed by atoms with van der Waals surface area (Å²) < 4.78 is 1.70. The summed E-state index contributed by atoms with van der Waals surface area (Å²) in [5.74, 6) is 1.57. The van der Waals surface area contributed by atoms with Crippen molar-refractivity contribution in [3.63, 3.8) is 0 Å². The highest BCUT2D eigenvalue weighted by Crippen LogP contribution is 2.38. The lowest BCUT2D eigenvalue weighted by Crippen LogP contribution is -2.25. The summed E-state index contributed by atoms with van der Waals surface area (Å²) in [6.07, 6.45) is 4.20. The molecule has 0 radical (unpaired) electrons. The Balaban J connectivity index is 2.31. The summed E-state index contributed by atoms with van der Waals surface area (Å²) in [5.41, 5.74) is 1.26. The van der Waals surface area contributed by atoms with E-state index in [0.717, 1.165) is 42.2 Å². The van der Waals surface area contributed by atoms with Crippen LogP contribution in [0.2, 0.25) is 15.1 Å². The van der Waals surface area contributed by atoms with Gasteiger partial charge in [-0.15, -0.1) is 11.8 Å². The number of rotatable bonds is 7. The molecule has 0 unspecified atom stereocenters. The van der Waals surface area contributed by atoms with Gasteiger partial charge in [-0.25, -0.2) is 14.6 Å². The molecule has 0 amide bonds. The molecule has 1 aromatic carbocycles. The molecule has 0 fully saturated rings. The summed E-state index contributed by atoms with van der Waals surface area (Å²) in [7, 11) is 0. The maximum absolute atomic E-state index is 6.47. The van der Waals surface area contributed by atoms with Gasteiger partial charge >= 0.3 is 0 Å². The zero-order valence-electron chi connectivity index (χ0n) is 16.3. The largest absolute Gasteiger partial charge is 0.356 e. The van der Waals surface area contributed by atoms with E-state index in [0.29, 0.717) is 32.2 Å². The Hall–Kier alpha value is -1.21. The molecular formula is C19H22Cl3N5S. The maximum Gasteiger partial charge on any atom is 0.170 e. The Kier molecular flexibility index (Phi) is 6.97. The van der Waals surface area contributed by atoms with Crippen LogP contribution < -0.4 is 4.90 Å². The molecule has 5 nitrogen and oxygen atoms in total. The van der Waals surface area contributed by atoms with Crippen molar-refractivity contribution in [2.24, 2.45) is 0 Å². The third-order valence-electron chi connectivity index (χ3n) is 4.44. The van der Waals surface area contributed by atoms with Gasteiger partial charge in [0, 0.05) is 18.1 Å². The van der Waals surface area contributed by atoms with E-state index in [-0.39, 0.29) is 0 Å². The van der Waals surface area contributed by atoms with Crippen molar-refractivity contribution < 1.29 is 0 Å². The minimum Gasteiger partial charge on any atom is -0.356 e. The number of aryl methyl sites for hydroxylation is 1. The average Bonchev–Trinajstić information content (AvgIpc) is 2.99. The van der Waals surface area contributed by atoms with E-state index in [1.165, 1.54) is 0 Å². The van der Waals surface area contributed by atoms with E-state index in [2.05, 4.69) is 23.7 Å². The molecule has 28 heavy (non-hydrogen) atoms. The lowest BCUT2D eigenvalue weighted by Gasteiger charge is -2.23. The first-order valence-electron chi connectivity index (χ1n) is 9.12. The van der Waals surface area contributed by atoms with Crippen LogP contribution in [0.3, 0.4) is 0 Å². The highest BCUT2D eigenvalue weighted by Gasteiger charge is 2.23. The molecular weight excluding hydrogens is 437 g/mol. The number of anilines is 1. The standard InChI is InChI=1S/C19H22Cl3N5S/c1-5-7-8-26(6-2)17-15-18(24-11(3)23-17)27(25-19(15)28-4)16-13(21)9-12(20)10-14(16)22/h9-10H,5-8H2,1-4H3. The molecule has 3 rings (SSSR count). The SMILES string of the molecule is CCCCN(CC)c1nc(C)nc2c1c(SC)nn2-c1c(Cl)cc(Cl)cc1Cl. The molecule has 2 heterocycles. The number of thioether (sulfide) groups is 1. The predicted molar refractivity (Wildman–Crippen MR) is 121 cm³/mol. The summed E-state index contributed by atoms with van der Waals surface area (Å²) in [6.45, 7) is 7.99. The van der Waals surface area contributed by atoms with E-state index in [4.69, 9.17) is 44.9 Å². The van der Waals surface area contributed by atoms with E-state index in [1.807, 2.05) is 13.2 Å². The molecule has 0 bridgehead atoms. The second kappa shape index (κ2) is 9.08. The van der Waals surface area contributed by atoms with Gasteiger partial charge < -0.3 is 4.90 Å². The number of halogens is 3. The van der Waals surface area contributed by atoms with Crippen LogP contribution in [0.1, 0.15) is 32.5 Å². The fraction of sp³-hybridized carbons (Fsp3) is 0.421. The molecule has 0 saturated carbocycles. The van der Waals surface area contributed by atoms with Crippen LogP contribution in [0.4, 0.5) is 5.82 Å². The van der Waals surface area contributed by atoms with Crippen molar-refractivity contribution in [2.45, 2.75) is 38.6 Å². The average molecular weight is 459 g/mol. The summed E-state index contributed by atoms with van der Waals surface area (Å²) in [4.78, 5) is 11.7. The van der Waals surface area contributed by atoms with Crippen LogP contribution in [0.25, 0.3) is 16.7 Å². The van der Waals surface area contributed by atoms with Crippen molar-refractivity contribution in [3.8, 4) is 5.69 Å². The van der Waals surface area contributed by atoms with Crippen LogP contribution in [0.15, 0.2) is 17.2 Å². The first kappa shape index (κ1) is 21.5. The van der Waals surface area contributed by atoms with Crippen molar-refractivity contribution in [3.05, 3.63) is 33.0 Å². The van der Waals surface area contributed by atoms with Crippen LogP contribution in [0, 0.1) is 6.92 Å².